The summed E-state index contributed by atoms with van der Waals surface area (Å²) in [5.41, 5.74) is 1.52. The van der Waals surface area contributed by atoms with Gasteiger partial charge in [-0.15, -0.1) is 0 Å². The first-order valence-electron chi connectivity index (χ1n) is 7.16. The Labute approximate surface area is 149 Å². The van der Waals surface area contributed by atoms with Crippen LogP contribution in [0.3, 0.4) is 0 Å². The Hall–Kier alpha value is -2.30. The van der Waals surface area contributed by atoms with Crippen molar-refractivity contribution in [1.29, 1.82) is 0 Å². The van der Waals surface area contributed by atoms with Crippen molar-refractivity contribution in [2.45, 2.75) is 12.5 Å². The van der Waals surface area contributed by atoms with Crippen LogP contribution in [0.15, 0.2) is 54.6 Å². The number of hydrogen-bond donors (Lipinski definition) is 2. The number of aliphatic carboxylic acids is 1. The van der Waals surface area contributed by atoms with Crippen LogP contribution in [-0.4, -0.2) is 23.0 Å². The molecule has 0 aromatic heterocycles. The van der Waals surface area contributed by atoms with Gasteiger partial charge >= 0.3 is 5.97 Å². The monoisotopic (exact) mass is 363 g/mol. The first kappa shape index (κ1) is 18.0. The minimum Gasteiger partial charge on any atom is -0.480 e. The van der Waals surface area contributed by atoms with E-state index in [0.717, 1.165) is 5.56 Å². The average molecular weight is 364 g/mol. The molecule has 4 nitrogen and oxygen atoms in total. The number of carboxylic acids is 1. The standard InChI is InChI=1S/C18H15Cl2NO3/c19-14-8-6-13(10-15(14)20)7-9-17(22)21-16(18(23)24)11-12-4-2-1-3-5-12/h1-10,16H,11H2,(H,21,22)(H,23,24)/b9-7+/t16-/m1/s1. The highest BCUT2D eigenvalue weighted by molar-refractivity contribution is 6.42. The van der Waals surface area contributed by atoms with Gasteiger partial charge in [-0.1, -0.05) is 59.6 Å². The zero-order valence-electron chi connectivity index (χ0n) is 12.6. The Morgan fingerprint density at radius 2 is 1.79 bits per heavy atom. The number of hydrogen-bond acceptors (Lipinski definition) is 2. The van der Waals surface area contributed by atoms with Crippen molar-refractivity contribution >= 4 is 41.2 Å². The predicted molar refractivity (Wildman–Crippen MR) is 95.2 cm³/mol. The highest BCUT2D eigenvalue weighted by Gasteiger charge is 2.19. The molecule has 0 aliphatic rings. The van der Waals surface area contributed by atoms with Gasteiger partial charge in [0, 0.05) is 12.5 Å². The Kier molecular flexibility index (Phi) is 6.41. The van der Waals surface area contributed by atoms with Gasteiger partial charge in [-0.25, -0.2) is 4.79 Å². The maximum Gasteiger partial charge on any atom is 0.326 e. The van der Waals surface area contributed by atoms with Crippen molar-refractivity contribution in [3.05, 3.63) is 75.8 Å². The summed E-state index contributed by atoms with van der Waals surface area (Å²) in [5.74, 6) is -1.58. The van der Waals surface area contributed by atoms with Crippen LogP contribution in [0, 0.1) is 0 Å². The lowest BCUT2D eigenvalue weighted by atomic mass is 10.1. The van der Waals surface area contributed by atoms with Gasteiger partial charge in [0.1, 0.15) is 6.04 Å². The maximum absolute atomic E-state index is 12.0. The molecule has 0 radical (unpaired) electrons. The highest BCUT2D eigenvalue weighted by atomic mass is 35.5. The van der Waals surface area contributed by atoms with Crippen LogP contribution >= 0.6 is 23.2 Å². The zero-order chi connectivity index (χ0) is 17.5. The van der Waals surface area contributed by atoms with Crippen LogP contribution in [0.4, 0.5) is 0 Å². The highest BCUT2D eigenvalue weighted by Crippen LogP contribution is 2.23. The van der Waals surface area contributed by atoms with Crippen molar-refractivity contribution in [2.24, 2.45) is 0 Å². The molecule has 0 fully saturated rings. The van der Waals surface area contributed by atoms with Crippen LogP contribution in [0.2, 0.25) is 10.0 Å². The Bertz CT molecular complexity index is 760. The first-order chi connectivity index (χ1) is 11.5. The summed E-state index contributed by atoms with van der Waals surface area (Å²) in [6.07, 6.45) is 3.02. The van der Waals surface area contributed by atoms with E-state index < -0.39 is 17.9 Å². The fourth-order valence-corrected chi connectivity index (χ4v) is 2.36. The summed E-state index contributed by atoms with van der Waals surface area (Å²) in [6, 6.07) is 13.1. The third-order valence-corrected chi connectivity index (χ3v) is 4.01. The smallest absolute Gasteiger partial charge is 0.326 e. The topological polar surface area (TPSA) is 66.4 Å². The molecule has 0 spiro atoms. The summed E-state index contributed by atoms with van der Waals surface area (Å²) in [5, 5.41) is 12.5. The van der Waals surface area contributed by atoms with Crippen LogP contribution in [0.25, 0.3) is 6.08 Å². The minimum atomic E-state index is -1.09. The Balaban J connectivity index is 2.01. The van der Waals surface area contributed by atoms with Gasteiger partial charge in [-0.05, 0) is 29.3 Å². The normalized spacial score (nSPS) is 12.1. The van der Waals surface area contributed by atoms with Gasteiger partial charge in [0.15, 0.2) is 0 Å². The van der Waals surface area contributed by atoms with E-state index in [4.69, 9.17) is 23.2 Å². The van der Waals surface area contributed by atoms with E-state index in [-0.39, 0.29) is 6.42 Å². The molecule has 2 rings (SSSR count). The molecule has 2 aromatic rings. The molecule has 0 aliphatic carbocycles. The molecule has 124 valence electrons. The Morgan fingerprint density at radius 3 is 2.42 bits per heavy atom. The fourth-order valence-electron chi connectivity index (χ4n) is 2.06. The number of nitrogens with one attached hydrogen (secondary N) is 1. The van der Waals surface area contributed by atoms with Crippen molar-refractivity contribution in [2.75, 3.05) is 0 Å². The van der Waals surface area contributed by atoms with Crippen LogP contribution < -0.4 is 5.32 Å². The van der Waals surface area contributed by atoms with E-state index in [2.05, 4.69) is 5.32 Å². The van der Waals surface area contributed by atoms with Crippen LogP contribution in [0.1, 0.15) is 11.1 Å². The largest absolute Gasteiger partial charge is 0.480 e. The summed E-state index contributed by atoms with van der Waals surface area (Å²) in [6.45, 7) is 0. The zero-order valence-corrected chi connectivity index (χ0v) is 14.1. The van der Waals surface area contributed by atoms with Crippen LogP contribution in [-0.2, 0) is 16.0 Å². The SMILES string of the molecule is O=C(/C=C/c1ccc(Cl)c(Cl)c1)N[C@H](Cc1ccccc1)C(=O)O. The van der Waals surface area contributed by atoms with E-state index in [9.17, 15) is 14.7 Å². The molecule has 0 heterocycles. The van der Waals surface area contributed by atoms with Crippen LogP contribution in [0.5, 0.6) is 0 Å². The van der Waals surface area contributed by atoms with E-state index in [0.29, 0.717) is 15.6 Å². The number of halogens is 2. The summed E-state index contributed by atoms with van der Waals surface area (Å²) >= 11 is 11.7. The fraction of sp³-hybridized carbons (Fsp3) is 0.111. The lowest BCUT2D eigenvalue weighted by Crippen LogP contribution is -2.41. The molecule has 0 aliphatic heterocycles. The second-order valence-electron chi connectivity index (χ2n) is 5.10. The molecule has 1 atom stereocenters. The number of amides is 1. The molecule has 2 N–H and O–H groups in total. The number of benzene rings is 2. The number of carbonyl (C=O) groups is 2. The van der Waals surface area contributed by atoms with Crippen molar-refractivity contribution in [1.82, 2.24) is 5.32 Å². The average Bonchev–Trinajstić information content (AvgIpc) is 2.56. The maximum atomic E-state index is 12.0. The minimum absolute atomic E-state index is 0.211. The van der Waals surface area contributed by atoms with Gasteiger partial charge < -0.3 is 10.4 Å². The van der Waals surface area contributed by atoms with Gasteiger partial charge in [0.2, 0.25) is 5.91 Å². The molecule has 0 saturated carbocycles. The molecule has 24 heavy (non-hydrogen) atoms. The van der Waals surface area contributed by atoms with Gasteiger partial charge in [0.25, 0.3) is 0 Å². The summed E-state index contributed by atoms with van der Waals surface area (Å²) < 4.78 is 0. The van der Waals surface area contributed by atoms with E-state index in [1.807, 2.05) is 30.3 Å². The molecular formula is C18H15Cl2NO3. The summed E-state index contributed by atoms with van der Waals surface area (Å²) in [4.78, 5) is 23.3. The molecule has 6 heteroatoms. The first-order valence-corrected chi connectivity index (χ1v) is 7.91. The number of carboxylic acid groups (broad SMARTS) is 1. The molecule has 2 aromatic carbocycles. The molecule has 0 bridgehead atoms. The van der Waals surface area contributed by atoms with Crippen molar-refractivity contribution in [3.8, 4) is 0 Å². The summed E-state index contributed by atoms with van der Waals surface area (Å²) in [7, 11) is 0. The third kappa shape index (κ3) is 5.41. The Morgan fingerprint density at radius 1 is 1.08 bits per heavy atom. The molecule has 0 unspecified atom stereocenters. The molecule has 0 saturated heterocycles. The van der Waals surface area contributed by atoms with E-state index in [1.165, 1.54) is 6.08 Å². The predicted octanol–water partition coefficient (Wildman–Crippen LogP) is 3.82. The molecule has 1 amide bonds. The number of carbonyl (C=O) groups excluding carboxylic acids is 1. The van der Waals surface area contributed by atoms with E-state index in [1.54, 1.807) is 24.3 Å². The molecular weight excluding hydrogens is 349 g/mol. The lowest BCUT2D eigenvalue weighted by molar-refractivity contribution is -0.141. The van der Waals surface area contributed by atoms with Gasteiger partial charge in [0.05, 0.1) is 10.0 Å². The lowest BCUT2D eigenvalue weighted by Gasteiger charge is -2.13. The quantitative estimate of drug-likeness (QED) is 0.766. The van der Waals surface area contributed by atoms with Crippen molar-refractivity contribution < 1.29 is 14.7 Å². The van der Waals surface area contributed by atoms with Crippen molar-refractivity contribution in [3.63, 3.8) is 0 Å². The van der Waals surface area contributed by atoms with Gasteiger partial charge in [-0.3, -0.25) is 4.79 Å². The second-order valence-corrected chi connectivity index (χ2v) is 5.91. The van der Waals surface area contributed by atoms with Gasteiger partial charge in [-0.2, -0.15) is 0 Å². The third-order valence-electron chi connectivity index (χ3n) is 3.27. The number of rotatable bonds is 6. The second kappa shape index (κ2) is 8.52. The van der Waals surface area contributed by atoms with E-state index >= 15 is 0 Å².